The number of hydrogen-bond acceptors (Lipinski definition) is 2. The number of hydrogen-bond donors (Lipinski definition) is 2. The molecular formula is C12H13NO. The molecular weight excluding hydrogens is 174 g/mol. The fourth-order valence-electron chi connectivity index (χ4n) is 1.73. The number of fused-ring (bicyclic) bond motifs is 1. The molecule has 0 radical (unpaired) electrons. The molecule has 0 aliphatic carbocycles. The van der Waals surface area contributed by atoms with Crippen molar-refractivity contribution in [3.8, 4) is 5.75 Å². The van der Waals surface area contributed by atoms with Crippen LogP contribution < -0.4 is 5.73 Å². The van der Waals surface area contributed by atoms with Crippen molar-refractivity contribution < 1.29 is 5.11 Å². The van der Waals surface area contributed by atoms with Gasteiger partial charge in [0.25, 0.3) is 0 Å². The van der Waals surface area contributed by atoms with Crippen molar-refractivity contribution in [3.05, 3.63) is 42.0 Å². The minimum absolute atomic E-state index is 0.312. The highest BCUT2D eigenvalue weighted by atomic mass is 16.3. The molecule has 2 nitrogen and oxygen atoms in total. The van der Waals surface area contributed by atoms with Gasteiger partial charge in [-0.2, -0.15) is 0 Å². The average molecular weight is 187 g/mol. The van der Waals surface area contributed by atoms with Crippen molar-refractivity contribution in [1.29, 1.82) is 0 Å². The highest BCUT2D eigenvalue weighted by molar-refractivity contribution is 5.87. The van der Waals surface area contributed by atoms with Gasteiger partial charge in [0.05, 0.1) is 0 Å². The van der Waals surface area contributed by atoms with Crippen LogP contribution in [0.2, 0.25) is 0 Å². The normalized spacial score (nSPS) is 10.6. The Labute approximate surface area is 83.0 Å². The third-order valence-electron chi connectivity index (χ3n) is 2.35. The minimum Gasteiger partial charge on any atom is -0.508 e. The zero-order valence-electron chi connectivity index (χ0n) is 7.90. The van der Waals surface area contributed by atoms with Crippen LogP contribution in [0.5, 0.6) is 5.75 Å². The summed E-state index contributed by atoms with van der Waals surface area (Å²) in [5.41, 5.74) is 6.63. The van der Waals surface area contributed by atoms with Crippen LogP contribution in [0.15, 0.2) is 36.4 Å². The molecule has 0 saturated heterocycles. The number of nitrogens with two attached hydrogens (primary N) is 1. The summed E-state index contributed by atoms with van der Waals surface area (Å²) in [5, 5.41) is 11.7. The van der Waals surface area contributed by atoms with Crippen molar-refractivity contribution in [2.75, 3.05) is 6.54 Å². The van der Waals surface area contributed by atoms with Gasteiger partial charge in [0.15, 0.2) is 0 Å². The average Bonchev–Trinajstić information content (AvgIpc) is 2.18. The van der Waals surface area contributed by atoms with Gasteiger partial charge >= 0.3 is 0 Å². The largest absolute Gasteiger partial charge is 0.508 e. The van der Waals surface area contributed by atoms with E-state index in [1.165, 1.54) is 5.39 Å². The number of phenols is 1. The van der Waals surface area contributed by atoms with E-state index in [0.29, 0.717) is 12.3 Å². The SMILES string of the molecule is NCCc1cc(O)cc2ccccc12. The van der Waals surface area contributed by atoms with Crippen LogP contribution in [-0.4, -0.2) is 11.7 Å². The molecule has 0 atom stereocenters. The van der Waals surface area contributed by atoms with E-state index < -0.39 is 0 Å². The van der Waals surface area contributed by atoms with E-state index in [-0.39, 0.29) is 0 Å². The number of rotatable bonds is 2. The summed E-state index contributed by atoms with van der Waals surface area (Å²) in [4.78, 5) is 0. The van der Waals surface area contributed by atoms with Gasteiger partial charge in [-0.15, -0.1) is 0 Å². The maximum Gasteiger partial charge on any atom is 0.116 e. The first-order valence-electron chi connectivity index (χ1n) is 4.72. The molecule has 3 N–H and O–H groups in total. The standard InChI is InChI=1S/C12H13NO/c13-6-5-10-8-11(14)7-9-3-1-2-4-12(9)10/h1-4,7-8,14H,5-6,13H2. The van der Waals surface area contributed by atoms with Gasteiger partial charge < -0.3 is 10.8 Å². The second kappa shape index (κ2) is 3.68. The van der Waals surface area contributed by atoms with Gasteiger partial charge in [-0.3, -0.25) is 0 Å². The summed E-state index contributed by atoms with van der Waals surface area (Å²) in [6, 6.07) is 11.6. The zero-order chi connectivity index (χ0) is 9.97. The van der Waals surface area contributed by atoms with Crippen molar-refractivity contribution in [2.45, 2.75) is 6.42 Å². The summed E-state index contributed by atoms with van der Waals surface area (Å²) >= 11 is 0. The molecule has 2 rings (SSSR count). The molecule has 2 aromatic carbocycles. The first-order chi connectivity index (χ1) is 6.81. The van der Waals surface area contributed by atoms with Crippen molar-refractivity contribution >= 4 is 10.8 Å². The van der Waals surface area contributed by atoms with Gasteiger partial charge in [0.2, 0.25) is 0 Å². The molecule has 0 spiro atoms. The quantitative estimate of drug-likeness (QED) is 0.755. The van der Waals surface area contributed by atoms with Crippen LogP contribution in [-0.2, 0) is 6.42 Å². The minimum atomic E-state index is 0.312. The summed E-state index contributed by atoms with van der Waals surface area (Å²) in [5.74, 6) is 0.312. The molecule has 0 aromatic heterocycles. The van der Waals surface area contributed by atoms with E-state index in [0.717, 1.165) is 17.4 Å². The Morgan fingerprint density at radius 3 is 2.71 bits per heavy atom. The molecule has 0 amide bonds. The topological polar surface area (TPSA) is 46.2 Å². The first-order valence-corrected chi connectivity index (χ1v) is 4.72. The van der Waals surface area contributed by atoms with Crippen LogP contribution in [0.1, 0.15) is 5.56 Å². The van der Waals surface area contributed by atoms with Gasteiger partial charge in [-0.1, -0.05) is 24.3 Å². The Hall–Kier alpha value is -1.54. The molecule has 0 bridgehead atoms. The van der Waals surface area contributed by atoms with E-state index in [1.54, 1.807) is 12.1 Å². The molecule has 0 unspecified atom stereocenters. The number of aromatic hydroxyl groups is 1. The van der Waals surface area contributed by atoms with Crippen LogP contribution in [0.4, 0.5) is 0 Å². The maximum atomic E-state index is 9.50. The van der Waals surface area contributed by atoms with E-state index in [2.05, 4.69) is 6.07 Å². The second-order valence-corrected chi connectivity index (χ2v) is 3.36. The summed E-state index contributed by atoms with van der Waals surface area (Å²) in [6.45, 7) is 0.605. The zero-order valence-corrected chi connectivity index (χ0v) is 7.90. The fourth-order valence-corrected chi connectivity index (χ4v) is 1.73. The number of benzene rings is 2. The third-order valence-corrected chi connectivity index (χ3v) is 2.35. The van der Waals surface area contributed by atoms with Crippen LogP contribution in [0.3, 0.4) is 0 Å². The Morgan fingerprint density at radius 2 is 1.93 bits per heavy atom. The van der Waals surface area contributed by atoms with Gasteiger partial charge in [0, 0.05) is 0 Å². The van der Waals surface area contributed by atoms with Crippen molar-refractivity contribution in [2.24, 2.45) is 5.73 Å². The predicted molar refractivity (Wildman–Crippen MR) is 58.4 cm³/mol. The Bertz CT molecular complexity index is 451. The highest BCUT2D eigenvalue weighted by Crippen LogP contribution is 2.24. The van der Waals surface area contributed by atoms with Crippen molar-refractivity contribution in [3.63, 3.8) is 0 Å². The molecule has 0 heterocycles. The molecule has 0 saturated carbocycles. The summed E-state index contributed by atoms with van der Waals surface area (Å²) < 4.78 is 0. The summed E-state index contributed by atoms with van der Waals surface area (Å²) in [7, 11) is 0. The molecule has 2 aromatic rings. The van der Waals surface area contributed by atoms with Crippen LogP contribution >= 0.6 is 0 Å². The van der Waals surface area contributed by atoms with Gasteiger partial charge in [0.1, 0.15) is 5.75 Å². The van der Waals surface area contributed by atoms with E-state index in [1.807, 2.05) is 18.2 Å². The lowest BCUT2D eigenvalue weighted by Crippen LogP contribution is -2.02. The monoisotopic (exact) mass is 187 g/mol. The first kappa shape index (κ1) is 9.03. The smallest absolute Gasteiger partial charge is 0.116 e. The van der Waals surface area contributed by atoms with Crippen LogP contribution in [0, 0.1) is 0 Å². The lowest BCUT2D eigenvalue weighted by molar-refractivity contribution is 0.475. The predicted octanol–water partition coefficient (Wildman–Crippen LogP) is 2.05. The third kappa shape index (κ3) is 1.56. The summed E-state index contributed by atoms with van der Waals surface area (Å²) in [6.07, 6.45) is 0.801. The Kier molecular flexibility index (Phi) is 2.37. The van der Waals surface area contributed by atoms with Gasteiger partial charge in [-0.25, -0.2) is 0 Å². The molecule has 72 valence electrons. The Morgan fingerprint density at radius 1 is 1.14 bits per heavy atom. The van der Waals surface area contributed by atoms with Crippen molar-refractivity contribution in [1.82, 2.24) is 0 Å². The highest BCUT2D eigenvalue weighted by Gasteiger charge is 2.01. The van der Waals surface area contributed by atoms with E-state index in [4.69, 9.17) is 5.73 Å². The fraction of sp³-hybridized carbons (Fsp3) is 0.167. The number of phenolic OH excluding ortho intramolecular Hbond substituents is 1. The maximum absolute atomic E-state index is 9.50. The Balaban J connectivity index is 2.67. The molecule has 0 aliphatic rings. The van der Waals surface area contributed by atoms with Crippen LogP contribution in [0.25, 0.3) is 10.8 Å². The molecule has 0 fully saturated rings. The van der Waals surface area contributed by atoms with E-state index >= 15 is 0 Å². The molecule has 2 heteroatoms. The lowest BCUT2D eigenvalue weighted by atomic mass is 10.0. The van der Waals surface area contributed by atoms with E-state index in [9.17, 15) is 5.11 Å². The molecule has 0 aliphatic heterocycles. The molecule has 14 heavy (non-hydrogen) atoms. The second-order valence-electron chi connectivity index (χ2n) is 3.36. The van der Waals surface area contributed by atoms with Gasteiger partial charge in [-0.05, 0) is 41.4 Å². The lowest BCUT2D eigenvalue weighted by Gasteiger charge is -2.06.